The van der Waals surface area contributed by atoms with Crippen LogP contribution in [0.4, 0.5) is 14.5 Å². The molecule has 1 amide bonds. The lowest BCUT2D eigenvalue weighted by Crippen LogP contribution is -2.42. The molecule has 0 fully saturated rings. The van der Waals surface area contributed by atoms with Crippen molar-refractivity contribution in [2.75, 3.05) is 5.32 Å². The quantitative estimate of drug-likeness (QED) is 0.673. The minimum absolute atomic E-state index is 0.0419. The third-order valence-corrected chi connectivity index (χ3v) is 4.65. The van der Waals surface area contributed by atoms with Crippen LogP contribution in [0, 0.1) is 0 Å². The van der Waals surface area contributed by atoms with Crippen LogP contribution in [0.25, 0.3) is 0 Å². The first-order valence-corrected chi connectivity index (χ1v) is 8.87. The number of alkyl halides is 2. The molecule has 3 aromatic carbocycles. The van der Waals surface area contributed by atoms with Gasteiger partial charge in [-0.1, -0.05) is 60.7 Å². The second kappa shape index (κ2) is 7.68. The van der Waals surface area contributed by atoms with Crippen molar-refractivity contribution in [3.8, 4) is 5.75 Å². The average molecular weight is 380 g/mol. The number of ether oxygens (including phenoxy) is 1. The number of benzene rings is 3. The number of nitrogens with one attached hydrogen (secondary N) is 1. The highest BCUT2D eigenvalue weighted by Crippen LogP contribution is 2.38. The molecule has 0 saturated carbocycles. The van der Waals surface area contributed by atoms with Gasteiger partial charge in [-0.05, 0) is 23.8 Å². The lowest BCUT2D eigenvalue weighted by molar-refractivity contribution is -0.0509. The first-order chi connectivity index (χ1) is 13.6. The fourth-order valence-electron chi connectivity index (χ4n) is 3.39. The zero-order chi connectivity index (χ0) is 19.5. The summed E-state index contributed by atoms with van der Waals surface area (Å²) in [6, 6.07) is 23.2. The van der Waals surface area contributed by atoms with Gasteiger partial charge in [-0.2, -0.15) is 8.78 Å². The highest BCUT2D eigenvalue weighted by atomic mass is 19.3. The average Bonchev–Trinajstić information content (AvgIpc) is 2.71. The highest BCUT2D eigenvalue weighted by Gasteiger charge is 2.34. The van der Waals surface area contributed by atoms with Gasteiger partial charge in [0.05, 0.1) is 5.56 Å². The number of fused-ring (bicyclic) bond motifs is 1. The number of para-hydroxylation sites is 2. The van der Waals surface area contributed by atoms with Crippen LogP contribution in [0.1, 0.15) is 27.7 Å². The lowest BCUT2D eigenvalue weighted by atomic mass is 10.0. The Morgan fingerprint density at radius 2 is 1.61 bits per heavy atom. The summed E-state index contributed by atoms with van der Waals surface area (Å²) in [4.78, 5) is 14.9. The molecule has 0 spiro atoms. The molecule has 1 aliphatic heterocycles. The monoisotopic (exact) mass is 380 g/mol. The second-order valence-electron chi connectivity index (χ2n) is 6.43. The molecule has 0 aromatic heterocycles. The van der Waals surface area contributed by atoms with Crippen LogP contribution in [0.3, 0.4) is 0 Å². The maximum Gasteiger partial charge on any atom is 0.387 e. The van der Waals surface area contributed by atoms with Crippen molar-refractivity contribution in [2.45, 2.75) is 19.3 Å². The summed E-state index contributed by atoms with van der Waals surface area (Å²) in [6.45, 7) is -2.62. The molecular weight excluding hydrogens is 362 g/mol. The van der Waals surface area contributed by atoms with Gasteiger partial charge < -0.3 is 15.0 Å². The molecular formula is C22H18F2N2O2. The number of amides is 1. The Hall–Kier alpha value is -3.41. The van der Waals surface area contributed by atoms with Crippen molar-refractivity contribution in [3.63, 3.8) is 0 Å². The molecule has 0 bridgehead atoms. The number of carbonyl (C=O) groups excluding carboxylic acids is 1. The van der Waals surface area contributed by atoms with E-state index >= 15 is 0 Å². The molecule has 28 heavy (non-hydrogen) atoms. The van der Waals surface area contributed by atoms with E-state index in [2.05, 4.69) is 5.32 Å². The number of hydrogen-bond acceptors (Lipinski definition) is 3. The molecule has 1 aliphatic rings. The van der Waals surface area contributed by atoms with Crippen molar-refractivity contribution in [1.82, 2.24) is 4.90 Å². The second-order valence-corrected chi connectivity index (χ2v) is 6.43. The zero-order valence-corrected chi connectivity index (χ0v) is 14.9. The van der Waals surface area contributed by atoms with Crippen molar-refractivity contribution in [2.24, 2.45) is 0 Å². The van der Waals surface area contributed by atoms with Crippen molar-refractivity contribution in [3.05, 3.63) is 95.6 Å². The summed E-state index contributed by atoms with van der Waals surface area (Å²) < 4.78 is 30.5. The van der Waals surface area contributed by atoms with Gasteiger partial charge in [0.15, 0.2) is 0 Å². The summed E-state index contributed by atoms with van der Waals surface area (Å²) >= 11 is 0. The fraction of sp³-hybridized carbons (Fsp3) is 0.136. The van der Waals surface area contributed by atoms with Gasteiger partial charge in [0, 0.05) is 17.8 Å². The highest BCUT2D eigenvalue weighted by molar-refractivity contribution is 6.01. The molecule has 1 N–H and O–H groups in total. The molecule has 6 heteroatoms. The fourth-order valence-corrected chi connectivity index (χ4v) is 3.39. The van der Waals surface area contributed by atoms with Crippen molar-refractivity contribution >= 4 is 11.6 Å². The Balaban J connectivity index is 1.78. The molecule has 0 unspecified atom stereocenters. The molecule has 0 aliphatic carbocycles. The van der Waals surface area contributed by atoms with Crippen LogP contribution in [0.15, 0.2) is 78.9 Å². The van der Waals surface area contributed by atoms with Crippen LogP contribution < -0.4 is 10.1 Å². The number of hydrogen-bond donors (Lipinski definition) is 1. The molecule has 1 atom stereocenters. The summed E-state index contributed by atoms with van der Waals surface area (Å²) in [5, 5.41) is 3.31. The first-order valence-electron chi connectivity index (χ1n) is 8.87. The number of carbonyl (C=O) groups is 1. The molecule has 3 aromatic rings. The number of nitrogens with zero attached hydrogens (tertiary/aromatic N) is 1. The van der Waals surface area contributed by atoms with E-state index in [0.29, 0.717) is 23.4 Å². The van der Waals surface area contributed by atoms with Crippen LogP contribution in [-0.2, 0) is 6.54 Å². The van der Waals surface area contributed by atoms with Gasteiger partial charge >= 0.3 is 6.61 Å². The maximum atomic E-state index is 13.2. The van der Waals surface area contributed by atoms with Crippen LogP contribution >= 0.6 is 0 Å². The lowest BCUT2D eigenvalue weighted by Gasteiger charge is -2.38. The maximum absolute atomic E-state index is 13.2. The summed E-state index contributed by atoms with van der Waals surface area (Å²) in [6.07, 6.45) is -0.641. The topological polar surface area (TPSA) is 41.6 Å². The van der Waals surface area contributed by atoms with Gasteiger partial charge in [-0.3, -0.25) is 4.79 Å². The molecule has 0 saturated heterocycles. The van der Waals surface area contributed by atoms with E-state index in [0.717, 1.165) is 5.56 Å². The van der Waals surface area contributed by atoms with Crippen LogP contribution in [0.5, 0.6) is 5.75 Å². The van der Waals surface area contributed by atoms with E-state index in [1.54, 1.807) is 41.3 Å². The molecule has 142 valence electrons. The summed E-state index contributed by atoms with van der Waals surface area (Å²) in [5.41, 5.74) is 2.62. The van der Waals surface area contributed by atoms with Crippen molar-refractivity contribution < 1.29 is 18.3 Å². The van der Waals surface area contributed by atoms with Crippen LogP contribution in [0.2, 0.25) is 0 Å². The number of halogens is 2. The minimum atomic E-state index is -2.95. The number of rotatable bonds is 5. The zero-order valence-electron chi connectivity index (χ0n) is 14.9. The third-order valence-electron chi connectivity index (χ3n) is 4.65. The minimum Gasteiger partial charge on any atom is -0.434 e. The van der Waals surface area contributed by atoms with Gasteiger partial charge in [0.25, 0.3) is 5.91 Å². The predicted octanol–water partition coefficient (Wildman–Crippen LogP) is 5.05. The Morgan fingerprint density at radius 3 is 2.39 bits per heavy atom. The largest absolute Gasteiger partial charge is 0.434 e. The Kier molecular flexibility index (Phi) is 4.93. The van der Waals surface area contributed by atoms with Gasteiger partial charge in [-0.25, -0.2) is 0 Å². The normalized spacial score (nSPS) is 15.9. The van der Waals surface area contributed by atoms with E-state index in [9.17, 15) is 13.6 Å². The Labute approximate surface area is 161 Å². The van der Waals surface area contributed by atoms with Crippen LogP contribution in [-0.4, -0.2) is 17.4 Å². The van der Waals surface area contributed by atoms with Gasteiger partial charge in [0.1, 0.15) is 11.9 Å². The molecule has 4 rings (SSSR count). The van der Waals surface area contributed by atoms with Gasteiger partial charge in [0.2, 0.25) is 0 Å². The predicted molar refractivity (Wildman–Crippen MR) is 102 cm³/mol. The molecule has 1 heterocycles. The molecule has 0 radical (unpaired) electrons. The van der Waals surface area contributed by atoms with Gasteiger partial charge in [-0.15, -0.1) is 0 Å². The first kappa shape index (κ1) is 18.0. The standard InChI is InChI=1S/C22H18F2N2O2/c23-22(24)28-19-13-7-5-11-17(19)20-25-18-12-6-4-10-16(18)21(27)26(20)14-15-8-2-1-3-9-15/h1-13,20,22,25H,14H2/t20-/m0/s1. The van der Waals surface area contributed by atoms with E-state index in [1.165, 1.54) is 6.07 Å². The summed E-state index contributed by atoms with van der Waals surface area (Å²) in [7, 11) is 0. The molecule has 4 nitrogen and oxygen atoms in total. The van der Waals surface area contributed by atoms with Crippen molar-refractivity contribution in [1.29, 1.82) is 0 Å². The van der Waals surface area contributed by atoms with E-state index in [4.69, 9.17) is 4.74 Å². The van der Waals surface area contributed by atoms with E-state index in [-0.39, 0.29) is 11.7 Å². The Morgan fingerprint density at radius 1 is 0.929 bits per heavy atom. The Bertz CT molecular complexity index is 979. The summed E-state index contributed by atoms with van der Waals surface area (Å²) in [5.74, 6) is -0.129. The van der Waals surface area contributed by atoms with E-state index < -0.39 is 12.8 Å². The smallest absolute Gasteiger partial charge is 0.387 e. The van der Waals surface area contributed by atoms with E-state index in [1.807, 2.05) is 36.4 Å². The SMILES string of the molecule is O=C1c2ccccc2N[C@H](c2ccccc2OC(F)F)N1Cc1ccccc1. The third kappa shape index (κ3) is 3.53. The number of anilines is 1.